The zero-order valence-electron chi connectivity index (χ0n) is 7.77. The van der Waals surface area contributed by atoms with Crippen LogP contribution in [-0.2, 0) is 6.61 Å². The van der Waals surface area contributed by atoms with Crippen molar-refractivity contribution in [1.82, 2.24) is 9.97 Å². The number of benzene rings is 1. The molecule has 1 aromatic carbocycles. The largest absolute Gasteiger partial charge is 0.390 e. The molecular weight excluding hydrogens is 279 g/mol. The van der Waals surface area contributed by atoms with Crippen LogP contribution < -0.4 is 0 Å². The number of imidazole rings is 1. The highest BCUT2D eigenvalue weighted by atomic mass is 79.9. The maximum Gasteiger partial charge on any atom is 0.137 e. The third kappa shape index (κ3) is 2.81. The molecule has 0 amide bonds. The average molecular weight is 290 g/mol. The van der Waals surface area contributed by atoms with Crippen LogP contribution in [0.5, 0.6) is 0 Å². The summed E-state index contributed by atoms with van der Waals surface area (Å²) in [5.41, 5.74) is 1.73. The van der Waals surface area contributed by atoms with Gasteiger partial charge in [-0.25, -0.2) is 4.98 Å². The van der Waals surface area contributed by atoms with Crippen LogP contribution in [0.1, 0.15) is 5.69 Å². The van der Waals surface area contributed by atoms with Crippen molar-refractivity contribution in [3.05, 3.63) is 40.6 Å². The molecule has 0 saturated carbocycles. The SMILES string of the molecule is Cl.OCc1cnc(-c2ccc(Br)cc2)[nH]1. The molecule has 0 atom stereocenters. The van der Waals surface area contributed by atoms with Crippen molar-refractivity contribution < 1.29 is 5.11 Å². The normalized spacial score (nSPS) is 9.73. The van der Waals surface area contributed by atoms with Gasteiger partial charge in [0.2, 0.25) is 0 Å². The molecule has 0 aliphatic heterocycles. The van der Waals surface area contributed by atoms with Gasteiger partial charge in [-0.1, -0.05) is 28.1 Å². The van der Waals surface area contributed by atoms with Gasteiger partial charge in [0.25, 0.3) is 0 Å². The van der Waals surface area contributed by atoms with Crippen LogP contribution in [0.2, 0.25) is 0 Å². The van der Waals surface area contributed by atoms with Crippen molar-refractivity contribution >= 4 is 28.3 Å². The molecule has 15 heavy (non-hydrogen) atoms. The average Bonchev–Trinajstić information content (AvgIpc) is 2.67. The fourth-order valence-electron chi connectivity index (χ4n) is 1.19. The predicted molar refractivity (Wildman–Crippen MR) is 64.9 cm³/mol. The molecule has 0 unspecified atom stereocenters. The van der Waals surface area contributed by atoms with E-state index in [1.54, 1.807) is 6.20 Å². The highest BCUT2D eigenvalue weighted by Gasteiger charge is 2.01. The number of rotatable bonds is 2. The Morgan fingerprint density at radius 3 is 2.47 bits per heavy atom. The Labute approximate surface area is 102 Å². The molecule has 3 nitrogen and oxygen atoms in total. The molecule has 2 N–H and O–H groups in total. The molecule has 0 spiro atoms. The van der Waals surface area contributed by atoms with Crippen molar-refractivity contribution in [2.45, 2.75) is 6.61 Å². The lowest BCUT2D eigenvalue weighted by Gasteiger charge is -1.96. The zero-order chi connectivity index (χ0) is 9.97. The number of H-pyrrole nitrogens is 1. The number of aliphatic hydroxyl groups excluding tert-OH is 1. The van der Waals surface area contributed by atoms with Crippen LogP contribution in [0.15, 0.2) is 34.9 Å². The van der Waals surface area contributed by atoms with Crippen LogP contribution in [0.25, 0.3) is 11.4 Å². The van der Waals surface area contributed by atoms with Crippen molar-refractivity contribution in [3.63, 3.8) is 0 Å². The van der Waals surface area contributed by atoms with E-state index in [1.807, 2.05) is 24.3 Å². The summed E-state index contributed by atoms with van der Waals surface area (Å²) in [5.74, 6) is 0.779. The van der Waals surface area contributed by atoms with Gasteiger partial charge in [0.05, 0.1) is 18.5 Å². The fourth-order valence-corrected chi connectivity index (χ4v) is 1.46. The minimum atomic E-state index is -0.0104. The van der Waals surface area contributed by atoms with Gasteiger partial charge in [-0.3, -0.25) is 0 Å². The first-order valence-corrected chi connectivity index (χ1v) is 4.99. The second-order valence-corrected chi connectivity index (χ2v) is 3.84. The van der Waals surface area contributed by atoms with Gasteiger partial charge in [-0.05, 0) is 12.1 Å². The minimum Gasteiger partial charge on any atom is -0.390 e. The third-order valence-electron chi connectivity index (χ3n) is 1.92. The molecule has 0 bridgehead atoms. The van der Waals surface area contributed by atoms with Crippen LogP contribution in [-0.4, -0.2) is 15.1 Å². The first kappa shape index (κ1) is 12.2. The van der Waals surface area contributed by atoms with Gasteiger partial charge in [-0.15, -0.1) is 12.4 Å². The summed E-state index contributed by atoms with van der Waals surface area (Å²) in [4.78, 5) is 7.18. The minimum absolute atomic E-state index is 0. The summed E-state index contributed by atoms with van der Waals surface area (Å²) in [6.07, 6.45) is 1.64. The van der Waals surface area contributed by atoms with Gasteiger partial charge < -0.3 is 10.1 Å². The van der Waals surface area contributed by atoms with Crippen LogP contribution in [0.3, 0.4) is 0 Å². The number of halogens is 2. The van der Waals surface area contributed by atoms with Crippen molar-refractivity contribution in [3.8, 4) is 11.4 Å². The summed E-state index contributed by atoms with van der Waals surface area (Å²) < 4.78 is 1.04. The summed E-state index contributed by atoms with van der Waals surface area (Å²) in [5, 5.41) is 8.86. The Morgan fingerprint density at radius 2 is 1.93 bits per heavy atom. The van der Waals surface area contributed by atoms with E-state index in [0.29, 0.717) is 0 Å². The molecule has 0 aliphatic rings. The van der Waals surface area contributed by atoms with Crippen molar-refractivity contribution in [1.29, 1.82) is 0 Å². The standard InChI is InChI=1S/C10H9BrN2O.ClH/c11-8-3-1-7(2-4-8)10-12-5-9(6-14)13-10;/h1-5,14H,6H2,(H,12,13);1H. The highest BCUT2D eigenvalue weighted by molar-refractivity contribution is 9.10. The van der Waals surface area contributed by atoms with Gasteiger partial charge in [0.15, 0.2) is 0 Å². The van der Waals surface area contributed by atoms with E-state index >= 15 is 0 Å². The molecule has 2 rings (SSSR count). The van der Waals surface area contributed by atoms with Crippen molar-refractivity contribution in [2.75, 3.05) is 0 Å². The maximum absolute atomic E-state index is 8.86. The molecular formula is C10H10BrClN2O. The van der Waals surface area contributed by atoms with Gasteiger partial charge in [-0.2, -0.15) is 0 Å². The first-order chi connectivity index (χ1) is 6.79. The quantitative estimate of drug-likeness (QED) is 0.893. The topological polar surface area (TPSA) is 48.9 Å². The van der Waals surface area contributed by atoms with Crippen LogP contribution >= 0.6 is 28.3 Å². The predicted octanol–water partition coefficient (Wildman–Crippen LogP) is 2.75. The molecule has 1 aromatic heterocycles. The monoisotopic (exact) mass is 288 g/mol. The highest BCUT2D eigenvalue weighted by Crippen LogP contribution is 2.18. The molecule has 0 aliphatic carbocycles. The van der Waals surface area contributed by atoms with E-state index in [-0.39, 0.29) is 19.0 Å². The zero-order valence-corrected chi connectivity index (χ0v) is 10.2. The summed E-state index contributed by atoms with van der Waals surface area (Å²) >= 11 is 3.37. The van der Waals surface area contributed by atoms with E-state index in [1.165, 1.54) is 0 Å². The lowest BCUT2D eigenvalue weighted by atomic mass is 10.2. The third-order valence-corrected chi connectivity index (χ3v) is 2.45. The van der Waals surface area contributed by atoms with Crippen LogP contribution in [0.4, 0.5) is 0 Å². The summed E-state index contributed by atoms with van der Waals surface area (Å²) in [6, 6.07) is 7.83. The number of aliphatic hydroxyl groups is 1. The lowest BCUT2D eigenvalue weighted by Crippen LogP contribution is -1.83. The Kier molecular flexibility index (Phi) is 4.32. The number of nitrogens with one attached hydrogen (secondary N) is 1. The fraction of sp³-hybridized carbons (Fsp3) is 0.100. The number of aromatic amines is 1. The van der Waals surface area contributed by atoms with Crippen molar-refractivity contribution in [2.24, 2.45) is 0 Å². The first-order valence-electron chi connectivity index (χ1n) is 4.20. The van der Waals surface area contributed by atoms with E-state index in [2.05, 4.69) is 25.9 Å². The number of aromatic nitrogens is 2. The molecule has 0 saturated heterocycles. The number of hydrogen-bond donors (Lipinski definition) is 2. The molecule has 0 fully saturated rings. The Hall–Kier alpha value is -0.840. The van der Waals surface area contributed by atoms with Gasteiger partial charge in [0.1, 0.15) is 5.82 Å². The molecule has 1 heterocycles. The Bertz CT molecular complexity index is 427. The molecule has 5 heteroatoms. The second kappa shape index (κ2) is 5.30. The molecule has 80 valence electrons. The van der Waals surface area contributed by atoms with E-state index < -0.39 is 0 Å². The Balaban J connectivity index is 0.00000112. The van der Waals surface area contributed by atoms with E-state index in [0.717, 1.165) is 21.6 Å². The lowest BCUT2D eigenvalue weighted by molar-refractivity contribution is 0.277. The summed E-state index contributed by atoms with van der Waals surface area (Å²) in [6.45, 7) is -0.0104. The molecule has 2 aromatic rings. The van der Waals surface area contributed by atoms with E-state index in [9.17, 15) is 0 Å². The summed E-state index contributed by atoms with van der Waals surface area (Å²) in [7, 11) is 0. The Morgan fingerprint density at radius 1 is 1.27 bits per heavy atom. The smallest absolute Gasteiger partial charge is 0.137 e. The van der Waals surface area contributed by atoms with Gasteiger partial charge >= 0.3 is 0 Å². The maximum atomic E-state index is 8.86. The van der Waals surface area contributed by atoms with Gasteiger partial charge in [0, 0.05) is 10.0 Å². The van der Waals surface area contributed by atoms with E-state index in [4.69, 9.17) is 5.11 Å². The number of nitrogens with zero attached hydrogens (tertiary/aromatic N) is 1. The van der Waals surface area contributed by atoms with Crippen LogP contribution in [0, 0.1) is 0 Å². The second-order valence-electron chi connectivity index (χ2n) is 2.92. The number of hydrogen-bond acceptors (Lipinski definition) is 2. The molecule has 0 radical (unpaired) electrons.